The van der Waals surface area contributed by atoms with E-state index >= 15 is 0 Å². The Labute approximate surface area is 155 Å². The Balaban J connectivity index is 1.92. The van der Waals surface area contributed by atoms with Gasteiger partial charge in [0.15, 0.2) is 0 Å². The van der Waals surface area contributed by atoms with E-state index in [0.29, 0.717) is 0 Å². The van der Waals surface area contributed by atoms with E-state index in [4.69, 9.17) is 0 Å². The molecule has 3 N–H and O–H groups in total. The van der Waals surface area contributed by atoms with E-state index in [2.05, 4.69) is 16.0 Å². The summed E-state index contributed by atoms with van der Waals surface area (Å²) in [6, 6.07) is 14.6. The first-order chi connectivity index (χ1) is 12.1. The predicted molar refractivity (Wildman–Crippen MR) is 107 cm³/mol. The van der Waals surface area contributed by atoms with E-state index in [9.17, 15) is 9.59 Å². The number of carbonyl (C=O) groups excluding carboxylic acids is 2. The number of rotatable bonds is 5. The van der Waals surface area contributed by atoms with Crippen LogP contribution in [0.5, 0.6) is 0 Å². The van der Waals surface area contributed by atoms with Gasteiger partial charge in [0.25, 0.3) is 0 Å². The Kier molecular flexibility index (Phi) is 6.03. The van der Waals surface area contributed by atoms with Crippen LogP contribution in [-0.4, -0.2) is 17.9 Å². The van der Waals surface area contributed by atoms with Crippen molar-refractivity contribution in [2.45, 2.75) is 40.7 Å². The van der Waals surface area contributed by atoms with E-state index in [1.807, 2.05) is 76.2 Å². The van der Waals surface area contributed by atoms with Crippen molar-refractivity contribution in [3.8, 4) is 0 Å². The molecule has 26 heavy (non-hydrogen) atoms. The number of nitrogens with one attached hydrogen (secondary N) is 3. The Morgan fingerprint density at radius 1 is 0.808 bits per heavy atom. The van der Waals surface area contributed by atoms with Crippen molar-refractivity contribution >= 4 is 28.9 Å². The van der Waals surface area contributed by atoms with Gasteiger partial charge >= 0.3 is 0 Å². The minimum Gasteiger partial charge on any atom is -0.374 e. The van der Waals surface area contributed by atoms with Crippen LogP contribution in [-0.2, 0) is 9.59 Å². The third-order valence-corrected chi connectivity index (χ3v) is 3.92. The fourth-order valence-electron chi connectivity index (χ4n) is 2.17. The van der Waals surface area contributed by atoms with Crippen LogP contribution in [0.25, 0.3) is 0 Å². The highest BCUT2D eigenvalue weighted by atomic mass is 16.2. The molecule has 0 saturated carbocycles. The molecule has 0 radical (unpaired) electrons. The van der Waals surface area contributed by atoms with Crippen molar-refractivity contribution in [3.63, 3.8) is 0 Å². The first-order valence-electron chi connectivity index (χ1n) is 8.71. The summed E-state index contributed by atoms with van der Waals surface area (Å²) in [5, 5.41) is 8.92. The Morgan fingerprint density at radius 2 is 1.27 bits per heavy atom. The van der Waals surface area contributed by atoms with Gasteiger partial charge in [-0.15, -0.1) is 0 Å². The van der Waals surface area contributed by atoms with Crippen LogP contribution in [0.15, 0.2) is 48.5 Å². The van der Waals surface area contributed by atoms with E-state index < -0.39 is 11.5 Å². The van der Waals surface area contributed by atoms with E-state index in [1.165, 1.54) is 0 Å². The van der Waals surface area contributed by atoms with Crippen molar-refractivity contribution in [2.24, 2.45) is 5.41 Å². The van der Waals surface area contributed by atoms with Crippen molar-refractivity contribution in [3.05, 3.63) is 54.1 Å². The molecule has 0 bridgehead atoms. The molecule has 5 nitrogen and oxygen atoms in total. The lowest BCUT2D eigenvalue weighted by Crippen LogP contribution is -2.31. The molecular weight excluding hydrogens is 326 g/mol. The summed E-state index contributed by atoms with van der Waals surface area (Å²) in [5.74, 6) is -0.150. The molecular formula is C21H27N3O2. The molecule has 2 rings (SSSR count). The number of aryl methyl sites for hydroxylation is 1. The molecule has 2 aromatic rings. The second kappa shape index (κ2) is 8.04. The highest BCUT2D eigenvalue weighted by Gasteiger charge is 2.21. The molecule has 5 heteroatoms. The smallest absolute Gasteiger partial charge is 0.246 e. The van der Waals surface area contributed by atoms with Crippen LogP contribution < -0.4 is 16.0 Å². The quantitative estimate of drug-likeness (QED) is 0.745. The van der Waals surface area contributed by atoms with Gasteiger partial charge in [0, 0.05) is 22.5 Å². The topological polar surface area (TPSA) is 70.2 Å². The van der Waals surface area contributed by atoms with E-state index in [1.54, 1.807) is 6.92 Å². The molecule has 138 valence electrons. The van der Waals surface area contributed by atoms with Crippen LogP contribution in [0.4, 0.5) is 17.1 Å². The van der Waals surface area contributed by atoms with Crippen LogP contribution in [0.2, 0.25) is 0 Å². The maximum atomic E-state index is 12.3. The average molecular weight is 353 g/mol. The standard InChI is InChI=1S/C21H27N3O2/c1-14-6-8-17(9-7-14)23-19(25)15(2)22-16-10-12-18(13-11-16)24-20(26)21(3,4)5/h6-13,15,22H,1-5H3,(H,23,25)(H,24,26). The molecule has 0 saturated heterocycles. The van der Waals surface area contributed by atoms with Gasteiger partial charge in [-0.25, -0.2) is 0 Å². The number of hydrogen-bond acceptors (Lipinski definition) is 3. The lowest BCUT2D eigenvalue weighted by molar-refractivity contribution is -0.123. The second-order valence-corrected chi connectivity index (χ2v) is 7.50. The van der Waals surface area contributed by atoms with Crippen LogP contribution in [0.1, 0.15) is 33.3 Å². The fraction of sp³-hybridized carbons (Fsp3) is 0.333. The number of hydrogen-bond donors (Lipinski definition) is 3. The van der Waals surface area contributed by atoms with Gasteiger partial charge in [-0.3, -0.25) is 9.59 Å². The minimum absolute atomic E-state index is 0.0379. The minimum atomic E-state index is -0.445. The Hall–Kier alpha value is -2.82. The molecule has 0 aromatic heterocycles. The predicted octanol–water partition coefficient (Wildman–Crippen LogP) is 4.42. The summed E-state index contributed by atoms with van der Waals surface area (Å²) in [6.45, 7) is 9.41. The van der Waals surface area contributed by atoms with Crippen LogP contribution in [0.3, 0.4) is 0 Å². The maximum absolute atomic E-state index is 12.3. The van der Waals surface area contributed by atoms with Gasteiger partial charge in [-0.1, -0.05) is 38.5 Å². The highest BCUT2D eigenvalue weighted by Crippen LogP contribution is 2.19. The zero-order chi connectivity index (χ0) is 19.3. The first-order valence-corrected chi connectivity index (χ1v) is 8.71. The Morgan fingerprint density at radius 3 is 1.81 bits per heavy atom. The normalized spacial score (nSPS) is 12.2. The summed E-state index contributed by atoms with van der Waals surface area (Å²) < 4.78 is 0. The number of amides is 2. The van der Waals surface area contributed by atoms with Gasteiger partial charge in [-0.05, 0) is 50.2 Å². The summed E-state index contributed by atoms with van der Waals surface area (Å²) in [6.07, 6.45) is 0. The van der Waals surface area contributed by atoms with Gasteiger partial charge in [0.1, 0.15) is 6.04 Å². The Bertz CT molecular complexity index is 759. The van der Waals surface area contributed by atoms with Crippen molar-refractivity contribution in [1.82, 2.24) is 0 Å². The molecule has 1 unspecified atom stereocenters. The molecule has 0 aliphatic heterocycles. The van der Waals surface area contributed by atoms with Gasteiger partial charge in [0.05, 0.1) is 0 Å². The molecule has 0 fully saturated rings. The number of benzene rings is 2. The molecule has 2 amide bonds. The lowest BCUT2D eigenvalue weighted by atomic mass is 9.95. The largest absolute Gasteiger partial charge is 0.374 e. The molecule has 0 aliphatic rings. The summed E-state index contributed by atoms with van der Waals surface area (Å²) in [5.41, 5.74) is 3.01. The summed E-state index contributed by atoms with van der Waals surface area (Å²) in [7, 11) is 0. The molecule has 0 spiro atoms. The monoisotopic (exact) mass is 353 g/mol. The SMILES string of the molecule is Cc1ccc(NC(=O)C(C)Nc2ccc(NC(=O)C(C)(C)C)cc2)cc1. The molecule has 0 aliphatic carbocycles. The first kappa shape index (κ1) is 19.5. The fourth-order valence-corrected chi connectivity index (χ4v) is 2.17. The van der Waals surface area contributed by atoms with E-state index in [-0.39, 0.29) is 11.8 Å². The van der Waals surface area contributed by atoms with Crippen molar-refractivity contribution in [2.75, 3.05) is 16.0 Å². The zero-order valence-electron chi connectivity index (χ0n) is 16.0. The van der Waals surface area contributed by atoms with Crippen molar-refractivity contribution in [1.29, 1.82) is 0 Å². The van der Waals surface area contributed by atoms with Crippen LogP contribution in [0, 0.1) is 12.3 Å². The van der Waals surface area contributed by atoms with Gasteiger partial charge < -0.3 is 16.0 Å². The second-order valence-electron chi connectivity index (χ2n) is 7.50. The zero-order valence-corrected chi connectivity index (χ0v) is 16.0. The molecule has 1 atom stereocenters. The number of carbonyl (C=O) groups is 2. The highest BCUT2D eigenvalue weighted by molar-refractivity contribution is 5.96. The van der Waals surface area contributed by atoms with E-state index in [0.717, 1.165) is 22.6 Å². The number of anilines is 3. The molecule has 0 heterocycles. The molecule has 2 aromatic carbocycles. The summed E-state index contributed by atoms with van der Waals surface area (Å²) in [4.78, 5) is 24.3. The van der Waals surface area contributed by atoms with Crippen molar-refractivity contribution < 1.29 is 9.59 Å². The third-order valence-electron chi connectivity index (χ3n) is 3.92. The summed E-state index contributed by atoms with van der Waals surface area (Å²) >= 11 is 0. The van der Waals surface area contributed by atoms with Gasteiger partial charge in [0.2, 0.25) is 11.8 Å². The van der Waals surface area contributed by atoms with Gasteiger partial charge in [-0.2, -0.15) is 0 Å². The lowest BCUT2D eigenvalue weighted by Gasteiger charge is -2.18. The van der Waals surface area contributed by atoms with Crippen LogP contribution >= 0.6 is 0 Å². The maximum Gasteiger partial charge on any atom is 0.246 e. The third kappa shape index (κ3) is 5.62. The average Bonchev–Trinajstić information content (AvgIpc) is 2.57.